The molecule has 0 saturated heterocycles. The van der Waals surface area contributed by atoms with Gasteiger partial charge in [0, 0.05) is 11.2 Å². The highest BCUT2D eigenvalue weighted by Crippen LogP contribution is 2.30. The number of carbonyl (C=O) groups is 1. The average Bonchev–Trinajstić information content (AvgIpc) is 2.90. The molecule has 0 aliphatic carbocycles. The van der Waals surface area contributed by atoms with Crippen molar-refractivity contribution in [2.45, 2.75) is 13.5 Å². The van der Waals surface area contributed by atoms with E-state index in [1.54, 1.807) is 18.4 Å². The average molecular weight is 311 g/mol. The molecule has 1 amide bonds. The van der Waals surface area contributed by atoms with Crippen LogP contribution in [0, 0.1) is 6.92 Å². The van der Waals surface area contributed by atoms with Crippen LogP contribution in [0.25, 0.3) is 10.1 Å². The van der Waals surface area contributed by atoms with Crippen LogP contribution in [0.1, 0.15) is 20.8 Å². The summed E-state index contributed by atoms with van der Waals surface area (Å²) in [7, 11) is 1.64. The lowest BCUT2D eigenvalue weighted by Crippen LogP contribution is -2.22. The number of carbonyl (C=O) groups excluding carboxylic acids is 1. The lowest BCUT2D eigenvalue weighted by Gasteiger charge is -2.06. The van der Waals surface area contributed by atoms with Crippen LogP contribution >= 0.6 is 11.3 Å². The molecule has 1 aromatic heterocycles. The van der Waals surface area contributed by atoms with E-state index < -0.39 is 0 Å². The Balaban J connectivity index is 1.74. The first-order chi connectivity index (χ1) is 10.7. The van der Waals surface area contributed by atoms with Gasteiger partial charge in [0.2, 0.25) is 0 Å². The van der Waals surface area contributed by atoms with Gasteiger partial charge < -0.3 is 10.1 Å². The monoisotopic (exact) mass is 311 g/mol. The Hall–Kier alpha value is -2.33. The Labute approximate surface area is 133 Å². The number of benzene rings is 2. The summed E-state index contributed by atoms with van der Waals surface area (Å²) in [6.45, 7) is 2.51. The Morgan fingerprint density at radius 2 is 1.86 bits per heavy atom. The predicted molar refractivity (Wildman–Crippen MR) is 90.7 cm³/mol. The van der Waals surface area contributed by atoms with Crippen LogP contribution in [0.2, 0.25) is 0 Å². The van der Waals surface area contributed by atoms with Crippen molar-refractivity contribution in [2.24, 2.45) is 0 Å². The Morgan fingerprint density at radius 3 is 2.55 bits per heavy atom. The van der Waals surface area contributed by atoms with E-state index in [0.717, 1.165) is 31.8 Å². The molecule has 0 unspecified atom stereocenters. The van der Waals surface area contributed by atoms with Gasteiger partial charge >= 0.3 is 0 Å². The van der Waals surface area contributed by atoms with E-state index >= 15 is 0 Å². The van der Waals surface area contributed by atoms with Crippen LogP contribution in [0.5, 0.6) is 5.75 Å². The molecule has 3 rings (SSSR count). The number of hydrogen-bond donors (Lipinski definition) is 1. The largest absolute Gasteiger partial charge is 0.497 e. The van der Waals surface area contributed by atoms with Crippen molar-refractivity contribution in [2.75, 3.05) is 7.11 Å². The fourth-order valence-electron chi connectivity index (χ4n) is 2.40. The fourth-order valence-corrected chi connectivity index (χ4v) is 3.52. The third-order valence-corrected chi connectivity index (χ3v) is 4.93. The molecule has 0 atom stereocenters. The van der Waals surface area contributed by atoms with E-state index in [9.17, 15) is 4.79 Å². The second-order valence-corrected chi connectivity index (χ2v) is 6.14. The highest BCUT2D eigenvalue weighted by Gasteiger charge is 2.14. The molecular weight excluding hydrogens is 294 g/mol. The van der Waals surface area contributed by atoms with Crippen molar-refractivity contribution < 1.29 is 9.53 Å². The van der Waals surface area contributed by atoms with Crippen LogP contribution in [0.3, 0.4) is 0 Å². The van der Waals surface area contributed by atoms with Crippen molar-refractivity contribution >= 4 is 27.3 Å². The van der Waals surface area contributed by atoms with Gasteiger partial charge in [0.05, 0.1) is 12.0 Å². The van der Waals surface area contributed by atoms with E-state index in [0.29, 0.717) is 6.54 Å². The Morgan fingerprint density at radius 1 is 1.14 bits per heavy atom. The molecule has 0 fully saturated rings. The molecule has 3 aromatic rings. The number of fused-ring (bicyclic) bond motifs is 1. The van der Waals surface area contributed by atoms with Gasteiger partial charge in [0.25, 0.3) is 5.91 Å². The zero-order valence-corrected chi connectivity index (χ0v) is 13.4. The van der Waals surface area contributed by atoms with Crippen LogP contribution < -0.4 is 10.1 Å². The molecule has 0 radical (unpaired) electrons. The van der Waals surface area contributed by atoms with Crippen LogP contribution in [-0.4, -0.2) is 13.0 Å². The molecule has 0 saturated carbocycles. The number of amides is 1. The second-order valence-electron chi connectivity index (χ2n) is 5.08. The fraction of sp³-hybridized carbons (Fsp3) is 0.167. The van der Waals surface area contributed by atoms with E-state index in [4.69, 9.17) is 4.74 Å². The third-order valence-electron chi connectivity index (χ3n) is 3.66. The van der Waals surface area contributed by atoms with Gasteiger partial charge in [-0.25, -0.2) is 0 Å². The minimum atomic E-state index is -0.0190. The van der Waals surface area contributed by atoms with Crippen molar-refractivity contribution in [3.63, 3.8) is 0 Å². The standard InChI is InChI=1S/C18H17NO2S/c1-12-15-5-3-4-6-16(15)22-17(12)18(20)19-11-13-7-9-14(21-2)10-8-13/h3-10H,11H2,1-2H3,(H,19,20). The van der Waals surface area contributed by atoms with E-state index in [1.165, 1.54) is 0 Å². The minimum Gasteiger partial charge on any atom is -0.497 e. The van der Waals surface area contributed by atoms with Crippen molar-refractivity contribution in [1.82, 2.24) is 5.32 Å². The summed E-state index contributed by atoms with van der Waals surface area (Å²) < 4.78 is 6.28. The van der Waals surface area contributed by atoms with Gasteiger partial charge in [-0.05, 0) is 41.6 Å². The minimum absolute atomic E-state index is 0.0190. The molecule has 0 aliphatic rings. The molecule has 22 heavy (non-hydrogen) atoms. The van der Waals surface area contributed by atoms with Crippen LogP contribution in [0.4, 0.5) is 0 Å². The van der Waals surface area contributed by atoms with Gasteiger partial charge in [-0.1, -0.05) is 30.3 Å². The topological polar surface area (TPSA) is 38.3 Å². The summed E-state index contributed by atoms with van der Waals surface area (Å²) in [6, 6.07) is 15.8. The number of methoxy groups -OCH3 is 1. The third kappa shape index (κ3) is 2.83. The van der Waals surface area contributed by atoms with Gasteiger partial charge in [0.1, 0.15) is 5.75 Å². The quantitative estimate of drug-likeness (QED) is 0.786. The highest BCUT2D eigenvalue weighted by molar-refractivity contribution is 7.21. The summed E-state index contributed by atoms with van der Waals surface area (Å²) in [4.78, 5) is 13.2. The number of ether oxygens (including phenoxy) is 1. The molecule has 0 bridgehead atoms. The lowest BCUT2D eigenvalue weighted by atomic mass is 10.1. The SMILES string of the molecule is COc1ccc(CNC(=O)c2sc3ccccc3c2C)cc1. The molecule has 1 N–H and O–H groups in total. The maximum absolute atomic E-state index is 12.4. The number of aryl methyl sites for hydroxylation is 1. The van der Waals surface area contributed by atoms with Gasteiger partial charge in [-0.15, -0.1) is 11.3 Å². The molecule has 0 spiro atoms. The molecule has 112 valence electrons. The van der Waals surface area contributed by atoms with Crippen molar-refractivity contribution in [3.05, 3.63) is 64.5 Å². The van der Waals surface area contributed by atoms with Gasteiger partial charge in [0.15, 0.2) is 0 Å². The van der Waals surface area contributed by atoms with E-state index in [2.05, 4.69) is 11.4 Å². The Kier molecular flexibility index (Phi) is 4.11. The number of rotatable bonds is 4. The van der Waals surface area contributed by atoms with Crippen LogP contribution in [0.15, 0.2) is 48.5 Å². The molecule has 1 heterocycles. The summed E-state index contributed by atoms with van der Waals surface area (Å²) in [5.41, 5.74) is 2.10. The zero-order chi connectivity index (χ0) is 15.5. The molecular formula is C18H17NO2S. The van der Waals surface area contributed by atoms with E-state index in [-0.39, 0.29) is 5.91 Å². The first-order valence-electron chi connectivity index (χ1n) is 7.08. The zero-order valence-electron chi connectivity index (χ0n) is 12.6. The number of thiophene rings is 1. The maximum Gasteiger partial charge on any atom is 0.261 e. The predicted octanol–water partition coefficient (Wildman–Crippen LogP) is 4.15. The summed E-state index contributed by atoms with van der Waals surface area (Å²) in [5, 5.41) is 4.14. The van der Waals surface area contributed by atoms with Gasteiger partial charge in [-0.3, -0.25) is 4.79 Å². The molecule has 3 nitrogen and oxygen atoms in total. The first-order valence-corrected chi connectivity index (χ1v) is 7.90. The normalized spacial score (nSPS) is 10.6. The molecule has 2 aromatic carbocycles. The number of hydrogen-bond acceptors (Lipinski definition) is 3. The highest BCUT2D eigenvalue weighted by atomic mass is 32.1. The van der Waals surface area contributed by atoms with Crippen molar-refractivity contribution in [1.29, 1.82) is 0 Å². The maximum atomic E-state index is 12.4. The van der Waals surface area contributed by atoms with Gasteiger partial charge in [-0.2, -0.15) is 0 Å². The Bertz CT molecular complexity index is 806. The summed E-state index contributed by atoms with van der Waals surface area (Å²) in [5.74, 6) is 0.796. The summed E-state index contributed by atoms with van der Waals surface area (Å²) >= 11 is 1.54. The second kappa shape index (κ2) is 6.20. The summed E-state index contributed by atoms with van der Waals surface area (Å²) in [6.07, 6.45) is 0. The smallest absolute Gasteiger partial charge is 0.261 e. The first kappa shape index (κ1) is 14.6. The van der Waals surface area contributed by atoms with E-state index in [1.807, 2.05) is 49.4 Å². The molecule has 0 aliphatic heterocycles. The van der Waals surface area contributed by atoms with Crippen LogP contribution in [-0.2, 0) is 6.54 Å². The van der Waals surface area contributed by atoms with Crippen molar-refractivity contribution in [3.8, 4) is 5.75 Å². The molecule has 4 heteroatoms. The number of nitrogens with one attached hydrogen (secondary N) is 1. The lowest BCUT2D eigenvalue weighted by molar-refractivity contribution is 0.0954.